The van der Waals surface area contributed by atoms with Crippen LogP contribution in [0.25, 0.3) is 21.0 Å². The number of nitrogens with zero attached hydrogens (tertiary/aromatic N) is 6. The predicted molar refractivity (Wildman–Crippen MR) is 505 cm³/mol. The van der Waals surface area contributed by atoms with Gasteiger partial charge in [-0.2, -0.15) is 0 Å². The van der Waals surface area contributed by atoms with E-state index in [4.69, 9.17) is 28.3 Å². The van der Waals surface area contributed by atoms with Gasteiger partial charge in [0, 0.05) is 112 Å². The number of hydrogen-bond acceptors (Lipinski definition) is 24. The number of carbonyl (C=O) groups is 17. The van der Waals surface area contributed by atoms with Crippen molar-refractivity contribution in [1.82, 2.24) is 97.9 Å². The predicted octanol–water partition coefficient (Wildman–Crippen LogP) is -2.23. The number of nitrogens with two attached hydrogens (primary N) is 4. The van der Waals surface area contributed by atoms with E-state index in [1.165, 1.54) is 81.1 Å². The number of phenols is 1. The molecule has 6 aromatic rings. The number of aromatic nitrogens is 3. The van der Waals surface area contributed by atoms with Crippen LogP contribution in [-0.4, -0.2) is 312 Å². The number of likely N-dealkylation sites (N-methyl/N-ethyl adjacent to an activating group) is 3. The molecule has 738 valence electrons. The summed E-state index contributed by atoms with van der Waals surface area (Å²) in [6.07, 6.45) is 4.01. The lowest BCUT2D eigenvalue weighted by molar-refractivity contribution is -0.149. The van der Waals surface area contributed by atoms with Crippen molar-refractivity contribution in [2.45, 2.75) is 234 Å². The van der Waals surface area contributed by atoms with Crippen molar-refractivity contribution in [3.63, 3.8) is 0 Å². The third-order valence-electron chi connectivity index (χ3n) is 24.3. The number of amides is 17. The number of nitrogens with one attached hydrogen (secondary N) is 14. The number of aromatic hydroxyl groups is 1. The summed E-state index contributed by atoms with van der Waals surface area (Å²) in [5.74, 6) is -17.7. The summed E-state index contributed by atoms with van der Waals surface area (Å²) in [5.41, 5.74) is 25.8. The highest BCUT2D eigenvalue weighted by Gasteiger charge is 2.47. The van der Waals surface area contributed by atoms with Crippen molar-refractivity contribution in [3.8, 4) is 5.75 Å². The summed E-state index contributed by atoms with van der Waals surface area (Å²) in [6.45, 7) is 6.37. The van der Waals surface area contributed by atoms with E-state index in [1.807, 2.05) is 32.0 Å². The maximum absolute atomic E-state index is 15.8. The number of rotatable bonds is 26. The van der Waals surface area contributed by atoms with Gasteiger partial charge in [-0.15, -0.1) is 23.1 Å². The van der Waals surface area contributed by atoms with Crippen LogP contribution in [0.15, 0.2) is 96.9 Å². The highest BCUT2D eigenvalue weighted by atomic mass is 32.2. The first-order valence-corrected chi connectivity index (χ1v) is 47.6. The topological polar surface area (TPSA) is 652 Å². The van der Waals surface area contributed by atoms with E-state index in [-0.39, 0.29) is 108 Å². The largest absolute Gasteiger partial charge is 0.508 e. The van der Waals surface area contributed by atoms with Gasteiger partial charge in [-0.1, -0.05) is 102 Å². The average molecular weight is 1930 g/mol. The van der Waals surface area contributed by atoms with Crippen LogP contribution >= 0.6 is 23.1 Å². The number of unbranched alkanes of at least 4 members (excludes halogenated alkanes) is 2. The van der Waals surface area contributed by atoms with E-state index in [9.17, 15) is 48.6 Å². The minimum Gasteiger partial charge on any atom is -0.508 e. The first-order valence-electron chi connectivity index (χ1n) is 45.5. The van der Waals surface area contributed by atoms with Crippen molar-refractivity contribution >= 4 is 150 Å². The SMILES string of the molecule is CCCC[C@H]1C(=O)N(C)[C@@H](CCCC)C(=O)N[C@@H](CCCNC(=N)N)C(=O)N[C@H](C(=O)NCC(N)=O)CSCC(=O)N[C@@H](Cc2ccc(O)cc2)C(=O)N(C)[C@@H](C)C(=O)N[C@@H](CC(N)=O)C(=O)N2C[C@@H](N)C[C@H]2C(=O)N[C@@H](Cc2cnc[nH]2)C(=O)N[C@@H](CC(C)C)C(=O)N2CCC[C@H]2C(=O)N[C@@H](Cc2c[nH]c3ccccc23)C(=O)N[C@@H](CO)C(=O)N[C@@H](Cc2csc3ccccc23)C(=O)N1C. The normalized spacial score (nSPS) is 24.7. The Labute approximate surface area is 795 Å². The number of phenolic OH excluding ortho intramolecular Hbond substituents is 1. The lowest BCUT2D eigenvalue weighted by Gasteiger charge is -2.36. The molecule has 0 bridgehead atoms. The molecule has 24 N–H and O–H groups in total. The monoisotopic (exact) mass is 1920 g/mol. The van der Waals surface area contributed by atoms with Crippen LogP contribution in [-0.2, 0) is 107 Å². The minimum absolute atomic E-state index is 0.00657. The molecule has 3 aliphatic rings. The molecule has 43 nitrogen and oxygen atoms in total. The van der Waals surface area contributed by atoms with Crippen LogP contribution in [0.1, 0.15) is 140 Å². The summed E-state index contributed by atoms with van der Waals surface area (Å²) >= 11 is 2.12. The van der Waals surface area contributed by atoms with E-state index >= 15 is 43.2 Å². The summed E-state index contributed by atoms with van der Waals surface area (Å²) in [7, 11) is 3.93. The molecule has 6 heterocycles. The van der Waals surface area contributed by atoms with E-state index < -0.39 is 228 Å². The number of primary amides is 2. The number of imidazole rings is 1. The second-order valence-corrected chi connectivity index (χ2v) is 36.9. The number of aliphatic hydroxyl groups excluding tert-OH is 1. The number of aliphatic hydroxyl groups is 1. The molecule has 3 aromatic heterocycles. The summed E-state index contributed by atoms with van der Waals surface area (Å²) < 4.78 is 0.822. The Bertz CT molecular complexity index is 5250. The van der Waals surface area contributed by atoms with E-state index in [1.54, 1.807) is 55.8 Å². The van der Waals surface area contributed by atoms with Crippen LogP contribution in [0.5, 0.6) is 5.75 Å². The molecule has 3 aromatic carbocycles. The molecule has 15 atom stereocenters. The molecule has 9 rings (SSSR count). The molecular weight excluding hydrogens is 1800 g/mol. The van der Waals surface area contributed by atoms with Gasteiger partial charge >= 0.3 is 0 Å². The zero-order valence-electron chi connectivity index (χ0n) is 77.6. The molecule has 3 saturated heterocycles. The fraction of sp³-hybridized carbons (Fsp3) is 0.527. The van der Waals surface area contributed by atoms with Crippen molar-refractivity contribution < 1.29 is 91.7 Å². The van der Waals surface area contributed by atoms with Gasteiger partial charge in [-0.05, 0) is 116 Å². The first-order chi connectivity index (χ1) is 64.8. The number of aromatic amines is 2. The van der Waals surface area contributed by atoms with E-state index in [0.717, 1.165) is 41.4 Å². The molecule has 136 heavy (non-hydrogen) atoms. The number of guanidine groups is 1. The maximum Gasteiger partial charge on any atom is 0.246 e. The first kappa shape index (κ1) is 106. The molecule has 0 spiro atoms. The number of benzene rings is 3. The number of para-hydroxylation sites is 1. The Kier molecular flexibility index (Phi) is 39.8. The van der Waals surface area contributed by atoms with Crippen LogP contribution < -0.4 is 81.4 Å². The van der Waals surface area contributed by atoms with E-state index in [0.29, 0.717) is 59.0 Å². The van der Waals surface area contributed by atoms with Gasteiger partial charge in [-0.25, -0.2) is 4.98 Å². The van der Waals surface area contributed by atoms with Gasteiger partial charge < -0.3 is 126 Å². The third-order valence-corrected chi connectivity index (χ3v) is 26.3. The average Bonchev–Trinajstić information content (AvgIpc) is 1.65. The van der Waals surface area contributed by atoms with Crippen molar-refractivity contribution in [1.29, 1.82) is 5.41 Å². The number of H-pyrrole nitrogens is 2. The highest BCUT2D eigenvalue weighted by molar-refractivity contribution is 8.00. The Morgan fingerprint density at radius 1 is 0.574 bits per heavy atom. The lowest BCUT2D eigenvalue weighted by atomic mass is 10.00. The second kappa shape index (κ2) is 50.9. The lowest BCUT2D eigenvalue weighted by Crippen LogP contribution is -2.62. The molecule has 3 aliphatic heterocycles. The third kappa shape index (κ3) is 29.6. The van der Waals surface area contributed by atoms with E-state index in [2.05, 4.69) is 73.4 Å². The number of carbonyl (C=O) groups excluding carboxylic acids is 17. The van der Waals surface area contributed by atoms with Crippen molar-refractivity contribution in [2.24, 2.45) is 28.9 Å². The summed E-state index contributed by atoms with van der Waals surface area (Å²) in [6, 6.07) is -2.47. The van der Waals surface area contributed by atoms with Gasteiger partial charge in [0.1, 0.15) is 90.3 Å². The molecule has 0 radical (unpaired) electrons. The van der Waals surface area contributed by atoms with Crippen LogP contribution in [0.3, 0.4) is 0 Å². The van der Waals surface area contributed by atoms with Crippen LogP contribution in [0.2, 0.25) is 0 Å². The molecule has 0 unspecified atom stereocenters. The quantitative estimate of drug-likeness (QED) is 0.0155. The smallest absolute Gasteiger partial charge is 0.246 e. The van der Waals surface area contributed by atoms with Gasteiger partial charge in [0.2, 0.25) is 100 Å². The van der Waals surface area contributed by atoms with Gasteiger partial charge in [0.05, 0.1) is 31.7 Å². The van der Waals surface area contributed by atoms with Crippen LogP contribution in [0, 0.1) is 11.3 Å². The molecule has 0 aliphatic carbocycles. The summed E-state index contributed by atoms with van der Waals surface area (Å²) in [5, 5.41) is 61.8. The standard InChI is InChI=1S/C91H128N24O19S2/c1-9-11-23-69-83(127)103-60(22-17-31-98-91(95)96)79(123)110-68(78(122)100-42-75(94)119)46-135-47-76(120)102-64(34-51-27-29-56(117)30-28-51)86(130)111(6)50(5)77(121)106-66(39-74(93)118)89(133)115-43-54(92)37-72(115)85(129)105-62(38-55-41-97-48-101-55)81(125)107-63(33-49(3)4)88(132)114-32-18-25-70(114)84(128)104-61(35-52-40-99-59-21-15-13-19-57(52)59)80(124)109-67(44-116)82(126)108-65(36-53-45-136-73-26-16-14-20-58(53)73)87(131)113(8)71(24-12-10-2)90(134)112(69)7/h13-16,19-21,26-30,40-41,45,48-50,54,60-72,99,116-117H,9-12,17-18,22-25,31-39,42-44,46-47,92H2,1-8H3,(H2,93,118)(H2,94,119)(H,97,101)(H,100,122)(H,102,120)(H,103,127)(H,104,128)(H,105,129)(H,106,121)(H,107,125)(H,108,126)(H,109,124)(H,110,123)(H4,95,96,98)/t50-,54-,60-,61-,62-,63-,64-,65-,66-,67-,68-,69-,70-,71-,72-/m0/s1. The number of thioether (sulfide) groups is 1. The highest BCUT2D eigenvalue weighted by Crippen LogP contribution is 2.30. The molecule has 0 saturated carbocycles. The number of thiophene rings is 1. The Balaban J connectivity index is 1.10. The van der Waals surface area contributed by atoms with Crippen LogP contribution in [0.4, 0.5) is 0 Å². The molecular formula is C91H128N24O19S2. The number of hydrogen-bond donors (Lipinski definition) is 20. The molecule has 45 heteroatoms. The summed E-state index contributed by atoms with van der Waals surface area (Å²) in [4.78, 5) is 267. The van der Waals surface area contributed by atoms with Gasteiger partial charge in [0.15, 0.2) is 5.96 Å². The second-order valence-electron chi connectivity index (χ2n) is 35.0. The zero-order valence-corrected chi connectivity index (χ0v) is 79.2. The Morgan fingerprint density at radius 3 is 1.81 bits per heavy atom. The fourth-order valence-electron chi connectivity index (χ4n) is 16.7. The maximum atomic E-state index is 15.8. The van der Waals surface area contributed by atoms with Gasteiger partial charge in [-0.3, -0.25) is 86.9 Å². The van der Waals surface area contributed by atoms with Crippen molar-refractivity contribution in [2.75, 3.05) is 65.4 Å². The minimum atomic E-state index is -1.85. The number of fused-ring (bicyclic) bond motifs is 4. The fourth-order valence-corrected chi connectivity index (χ4v) is 18.6. The van der Waals surface area contributed by atoms with Crippen molar-refractivity contribution in [3.05, 3.63) is 119 Å². The molecule has 3 fully saturated rings. The molecule has 17 amide bonds. The van der Waals surface area contributed by atoms with Gasteiger partial charge in [0.25, 0.3) is 0 Å². The Morgan fingerprint density at radius 2 is 1.15 bits per heavy atom. The zero-order chi connectivity index (χ0) is 99.3. The Hall–Kier alpha value is -13.3.